The smallest absolute Gasteiger partial charge is 0.123 e. The Balaban J connectivity index is 1.97. The van der Waals surface area contributed by atoms with Crippen LogP contribution in [0.25, 0.3) is 10.6 Å². The van der Waals surface area contributed by atoms with E-state index in [1.165, 1.54) is 24.1 Å². The van der Waals surface area contributed by atoms with Gasteiger partial charge in [-0.1, -0.05) is 28.1 Å². The van der Waals surface area contributed by atoms with Crippen molar-refractivity contribution in [1.29, 1.82) is 0 Å². The zero-order valence-electron chi connectivity index (χ0n) is 8.11. The Morgan fingerprint density at radius 3 is 2.93 bits per heavy atom. The molecule has 2 aromatic rings. The first kappa shape index (κ1) is 9.55. The SMILES string of the molecule is Brc1cccc(-c2nc(C3CC3)cs2)c1. The van der Waals surface area contributed by atoms with E-state index in [9.17, 15) is 0 Å². The molecular formula is C12H10BrNS. The van der Waals surface area contributed by atoms with Crippen LogP contribution in [0.5, 0.6) is 0 Å². The topological polar surface area (TPSA) is 12.9 Å². The van der Waals surface area contributed by atoms with E-state index in [-0.39, 0.29) is 0 Å². The second-order valence-electron chi connectivity index (χ2n) is 3.86. The van der Waals surface area contributed by atoms with Crippen molar-refractivity contribution in [1.82, 2.24) is 4.98 Å². The van der Waals surface area contributed by atoms with Gasteiger partial charge in [-0.2, -0.15) is 0 Å². The van der Waals surface area contributed by atoms with Gasteiger partial charge in [-0.25, -0.2) is 4.98 Å². The minimum Gasteiger partial charge on any atom is -0.241 e. The standard InChI is InChI=1S/C12H10BrNS/c13-10-3-1-2-9(6-10)12-14-11(7-15-12)8-4-5-8/h1-3,6-8H,4-5H2. The van der Waals surface area contributed by atoms with Crippen LogP contribution in [0.4, 0.5) is 0 Å². The molecule has 1 saturated carbocycles. The van der Waals surface area contributed by atoms with Crippen molar-refractivity contribution in [2.45, 2.75) is 18.8 Å². The minimum absolute atomic E-state index is 0.752. The number of benzene rings is 1. The lowest BCUT2D eigenvalue weighted by atomic mass is 10.2. The highest BCUT2D eigenvalue weighted by Crippen LogP contribution is 2.41. The fourth-order valence-electron chi connectivity index (χ4n) is 1.61. The Kier molecular flexibility index (Phi) is 2.37. The van der Waals surface area contributed by atoms with Gasteiger partial charge < -0.3 is 0 Å². The van der Waals surface area contributed by atoms with Gasteiger partial charge in [-0.15, -0.1) is 11.3 Å². The molecule has 0 saturated heterocycles. The lowest BCUT2D eigenvalue weighted by molar-refractivity contribution is 1.05. The van der Waals surface area contributed by atoms with Crippen molar-refractivity contribution >= 4 is 27.3 Å². The van der Waals surface area contributed by atoms with Gasteiger partial charge in [0.2, 0.25) is 0 Å². The highest BCUT2D eigenvalue weighted by molar-refractivity contribution is 9.10. The summed E-state index contributed by atoms with van der Waals surface area (Å²) in [6.07, 6.45) is 2.64. The summed E-state index contributed by atoms with van der Waals surface area (Å²) in [5.74, 6) is 0.752. The van der Waals surface area contributed by atoms with Crippen LogP contribution in [0.15, 0.2) is 34.1 Å². The number of aromatic nitrogens is 1. The number of rotatable bonds is 2. The molecule has 0 unspecified atom stereocenters. The van der Waals surface area contributed by atoms with Crippen LogP contribution in [-0.4, -0.2) is 4.98 Å². The molecule has 3 rings (SSSR count). The first-order valence-corrected chi connectivity index (χ1v) is 6.71. The largest absolute Gasteiger partial charge is 0.241 e. The van der Waals surface area contributed by atoms with Crippen molar-refractivity contribution in [2.24, 2.45) is 0 Å². The van der Waals surface area contributed by atoms with Gasteiger partial charge in [-0.05, 0) is 25.0 Å². The van der Waals surface area contributed by atoms with Crippen LogP contribution >= 0.6 is 27.3 Å². The maximum absolute atomic E-state index is 4.68. The molecule has 3 heteroatoms. The van der Waals surface area contributed by atoms with Crippen LogP contribution in [0.3, 0.4) is 0 Å². The van der Waals surface area contributed by atoms with Gasteiger partial charge in [0.05, 0.1) is 5.69 Å². The van der Waals surface area contributed by atoms with Gasteiger partial charge in [0, 0.05) is 21.3 Å². The molecule has 76 valence electrons. The van der Waals surface area contributed by atoms with Crippen LogP contribution in [0.2, 0.25) is 0 Å². The second kappa shape index (κ2) is 3.72. The summed E-state index contributed by atoms with van der Waals surface area (Å²) in [6.45, 7) is 0. The van der Waals surface area contributed by atoms with Crippen LogP contribution in [-0.2, 0) is 0 Å². The Morgan fingerprint density at radius 2 is 2.20 bits per heavy atom. The van der Waals surface area contributed by atoms with Crippen molar-refractivity contribution in [2.75, 3.05) is 0 Å². The van der Waals surface area contributed by atoms with Crippen molar-refractivity contribution < 1.29 is 0 Å². The Morgan fingerprint density at radius 1 is 1.33 bits per heavy atom. The zero-order valence-corrected chi connectivity index (χ0v) is 10.5. The number of hydrogen-bond donors (Lipinski definition) is 0. The van der Waals surface area contributed by atoms with Crippen LogP contribution < -0.4 is 0 Å². The molecule has 1 nitrogen and oxygen atoms in total. The highest BCUT2D eigenvalue weighted by Gasteiger charge is 2.26. The summed E-state index contributed by atoms with van der Waals surface area (Å²) in [5.41, 5.74) is 2.50. The lowest BCUT2D eigenvalue weighted by Gasteiger charge is -1.96. The first-order valence-electron chi connectivity index (χ1n) is 5.04. The monoisotopic (exact) mass is 279 g/mol. The van der Waals surface area contributed by atoms with E-state index in [1.54, 1.807) is 11.3 Å². The van der Waals surface area contributed by atoms with E-state index in [0.717, 1.165) is 15.4 Å². The molecule has 15 heavy (non-hydrogen) atoms. The Bertz CT molecular complexity index is 488. The van der Waals surface area contributed by atoms with Gasteiger partial charge in [-0.3, -0.25) is 0 Å². The third kappa shape index (κ3) is 1.99. The summed E-state index contributed by atoms with van der Waals surface area (Å²) in [4.78, 5) is 4.68. The summed E-state index contributed by atoms with van der Waals surface area (Å²) < 4.78 is 1.11. The van der Waals surface area contributed by atoms with E-state index < -0.39 is 0 Å². The molecule has 0 spiro atoms. The zero-order chi connectivity index (χ0) is 10.3. The number of hydrogen-bond acceptors (Lipinski definition) is 2. The predicted molar refractivity (Wildman–Crippen MR) is 67.2 cm³/mol. The van der Waals surface area contributed by atoms with Gasteiger partial charge in [0.25, 0.3) is 0 Å². The third-order valence-electron chi connectivity index (χ3n) is 2.59. The van der Waals surface area contributed by atoms with Gasteiger partial charge in [0.15, 0.2) is 0 Å². The molecule has 0 amide bonds. The van der Waals surface area contributed by atoms with Gasteiger partial charge >= 0.3 is 0 Å². The number of nitrogens with zero attached hydrogens (tertiary/aromatic N) is 1. The molecule has 1 aromatic carbocycles. The normalized spacial score (nSPS) is 15.5. The highest BCUT2D eigenvalue weighted by atomic mass is 79.9. The third-order valence-corrected chi connectivity index (χ3v) is 3.99. The molecule has 1 aliphatic carbocycles. The van der Waals surface area contributed by atoms with E-state index in [2.05, 4.69) is 44.5 Å². The van der Waals surface area contributed by atoms with Crippen LogP contribution in [0.1, 0.15) is 24.5 Å². The maximum Gasteiger partial charge on any atom is 0.123 e. The Labute approximate surface area is 101 Å². The fraction of sp³-hybridized carbons (Fsp3) is 0.250. The van der Waals surface area contributed by atoms with E-state index in [0.29, 0.717) is 0 Å². The van der Waals surface area contributed by atoms with Crippen LogP contribution in [0, 0.1) is 0 Å². The molecule has 1 heterocycles. The van der Waals surface area contributed by atoms with Crippen molar-refractivity contribution in [3.8, 4) is 10.6 Å². The molecule has 1 fully saturated rings. The molecule has 0 aliphatic heterocycles. The Hall–Kier alpha value is -0.670. The minimum atomic E-state index is 0.752. The average molecular weight is 280 g/mol. The quantitative estimate of drug-likeness (QED) is 0.792. The average Bonchev–Trinajstić information content (AvgIpc) is 2.97. The van der Waals surface area contributed by atoms with E-state index in [4.69, 9.17) is 0 Å². The molecule has 1 aliphatic rings. The van der Waals surface area contributed by atoms with Crippen molar-refractivity contribution in [3.05, 3.63) is 39.8 Å². The van der Waals surface area contributed by atoms with E-state index in [1.807, 2.05) is 6.07 Å². The molecule has 1 aromatic heterocycles. The van der Waals surface area contributed by atoms with Gasteiger partial charge in [0.1, 0.15) is 5.01 Å². The summed E-state index contributed by atoms with van der Waals surface area (Å²) in [7, 11) is 0. The fourth-order valence-corrected chi connectivity index (χ4v) is 2.90. The number of thiazole rings is 1. The lowest BCUT2D eigenvalue weighted by Crippen LogP contribution is -1.80. The summed E-state index contributed by atoms with van der Waals surface area (Å²) in [5, 5.41) is 3.34. The molecule has 0 bridgehead atoms. The summed E-state index contributed by atoms with van der Waals surface area (Å²) >= 11 is 5.23. The first-order chi connectivity index (χ1) is 7.33. The molecular weight excluding hydrogens is 270 g/mol. The van der Waals surface area contributed by atoms with E-state index >= 15 is 0 Å². The molecule has 0 atom stereocenters. The second-order valence-corrected chi connectivity index (χ2v) is 5.64. The maximum atomic E-state index is 4.68. The molecule has 0 radical (unpaired) electrons. The molecule has 0 N–H and O–H groups in total. The predicted octanol–water partition coefficient (Wildman–Crippen LogP) is 4.45. The number of halogens is 1. The van der Waals surface area contributed by atoms with Crippen molar-refractivity contribution in [3.63, 3.8) is 0 Å². The summed E-state index contributed by atoms with van der Waals surface area (Å²) in [6, 6.07) is 8.33.